The molecule has 0 spiro atoms. The number of rotatable bonds is 4. The Labute approximate surface area is 121 Å². The first-order valence-electron chi connectivity index (χ1n) is 6.13. The second-order valence-corrected chi connectivity index (χ2v) is 4.95. The second kappa shape index (κ2) is 5.81. The van der Waals surface area contributed by atoms with Crippen LogP contribution in [0.1, 0.15) is 22.9 Å². The first kappa shape index (κ1) is 14.8. The van der Waals surface area contributed by atoms with Gasteiger partial charge in [-0.2, -0.15) is 5.10 Å². The van der Waals surface area contributed by atoms with E-state index in [2.05, 4.69) is 5.10 Å². The van der Waals surface area contributed by atoms with Crippen LogP contribution in [0.3, 0.4) is 0 Å². The van der Waals surface area contributed by atoms with E-state index in [4.69, 9.17) is 16.3 Å². The smallest absolute Gasteiger partial charge is 0.165 e. The van der Waals surface area contributed by atoms with Crippen molar-refractivity contribution in [2.45, 2.75) is 19.4 Å². The van der Waals surface area contributed by atoms with Crippen LogP contribution in [0.25, 0.3) is 0 Å². The van der Waals surface area contributed by atoms with Gasteiger partial charge in [-0.25, -0.2) is 4.39 Å². The highest BCUT2D eigenvalue weighted by atomic mass is 35.5. The summed E-state index contributed by atoms with van der Waals surface area (Å²) >= 11 is 6.13. The molecule has 0 aliphatic rings. The summed E-state index contributed by atoms with van der Waals surface area (Å²) < 4.78 is 19.8. The van der Waals surface area contributed by atoms with Crippen LogP contribution in [0.5, 0.6) is 5.75 Å². The maximum absolute atomic E-state index is 13.4. The quantitative estimate of drug-likeness (QED) is 0.944. The number of benzene rings is 1. The Morgan fingerprint density at radius 2 is 2.20 bits per heavy atom. The van der Waals surface area contributed by atoms with Gasteiger partial charge >= 0.3 is 0 Å². The standard InChI is InChI=1S/C14H16ClFN2O2/c1-8-10(14(15)18(2)17-8)7-12(19)9-4-5-11(16)13(6-9)20-3/h4-6,12,19H,7H2,1-3H3. The molecule has 0 saturated carbocycles. The molecular weight excluding hydrogens is 283 g/mol. The third kappa shape index (κ3) is 2.78. The zero-order chi connectivity index (χ0) is 14.9. The molecule has 1 N–H and O–H groups in total. The highest BCUT2D eigenvalue weighted by Crippen LogP contribution is 2.28. The summed E-state index contributed by atoms with van der Waals surface area (Å²) in [6, 6.07) is 4.29. The number of nitrogens with zero attached hydrogens (tertiary/aromatic N) is 2. The molecule has 0 aliphatic heterocycles. The average molecular weight is 299 g/mol. The van der Waals surface area contributed by atoms with E-state index in [9.17, 15) is 9.50 Å². The Morgan fingerprint density at radius 1 is 1.50 bits per heavy atom. The van der Waals surface area contributed by atoms with Gasteiger partial charge in [-0.1, -0.05) is 17.7 Å². The predicted octanol–water partition coefficient (Wildman–Crippen LogP) is 2.81. The first-order chi connectivity index (χ1) is 9.43. The number of ether oxygens (including phenoxy) is 1. The van der Waals surface area contributed by atoms with Crippen LogP contribution < -0.4 is 4.74 Å². The lowest BCUT2D eigenvalue weighted by Gasteiger charge is -2.12. The van der Waals surface area contributed by atoms with Crippen molar-refractivity contribution in [2.24, 2.45) is 7.05 Å². The van der Waals surface area contributed by atoms with Crippen molar-refractivity contribution < 1.29 is 14.2 Å². The average Bonchev–Trinajstić information content (AvgIpc) is 2.66. The minimum atomic E-state index is -0.801. The first-order valence-corrected chi connectivity index (χ1v) is 6.51. The Kier molecular flexibility index (Phi) is 4.30. The summed E-state index contributed by atoms with van der Waals surface area (Å²) in [6.45, 7) is 1.83. The fraction of sp³-hybridized carbons (Fsp3) is 0.357. The Bertz CT molecular complexity index is 628. The van der Waals surface area contributed by atoms with E-state index in [1.807, 2.05) is 6.92 Å². The van der Waals surface area contributed by atoms with Crippen molar-refractivity contribution in [3.05, 3.63) is 46.0 Å². The van der Waals surface area contributed by atoms with Crippen LogP contribution in [0.15, 0.2) is 18.2 Å². The minimum absolute atomic E-state index is 0.107. The number of aryl methyl sites for hydroxylation is 2. The summed E-state index contributed by atoms with van der Waals surface area (Å²) in [6.07, 6.45) is -0.488. The number of aliphatic hydroxyl groups is 1. The fourth-order valence-corrected chi connectivity index (χ4v) is 2.35. The molecule has 0 fully saturated rings. The van der Waals surface area contributed by atoms with Gasteiger partial charge < -0.3 is 9.84 Å². The van der Waals surface area contributed by atoms with Gasteiger partial charge in [0.25, 0.3) is 0 Å². The van der Waals surface area contributed by atoms with E-state index in [1.165, 1.54) is 25.3 Å². The van der Waals surface area contributed by atoms with E-state index >= 15 is 0 Å². The zero-order valence-electron chi connectivity index (χ0n) is 11.5. The van der Waals surface area contributed by atoms with Gasteiger partial charge in [0.2, 0.25) is 0 Å². The SMILES string of the molecule is COc1cc(C(O)Cc2c(C)nn(C)c2Cl)ccc1F. The summed E-state index contributed by atoms with van der Waals surface area (Å²) in [4.78, 5) is 0. The van der Waals surface area contributed by atoms with Crippen molar-refractivity contribution in [1.82, 2.24) is 9.78 Å². The largest absolute Gasteiger partial charge is 0.494 e. The molecular formula is C14H16ClFN2O2. The number of methoxy groups -OCH3 is 1. The van der Waals surface area contributed by atoms with E-state index in [1.54, 1.807) is 11.7 Å². The lowest BCUT2D eigenvalue weighted by atomic mass is 10.0. The Hall–Kier alpha value is -1.59. The fourth-order valence-electron chi connectivity index (χ4n) is 2.10. The van der Waals surface area contributed by atoms with Crippen LogP contribution in [0.2, 0.25) is 5.15 Å². The number of hydrogen-bond acceptors (Lipinski definition) is 3. The molecule has 1 aromatic carbocycles. The molecule has 108 valence electrons. The van der Waals surface area contributed by atoms with Gasteiger partial charge in [0, 0.05) is 19.0 Å². The van der Waals surface area contributed by atoms with Crippen molar-refractivity contribution in [2.75, 3.05) is 7.11 Å². The van der Waals surface area contributed by atoms with E-state index in [0.717, 1.165) is 11.3 Å². The molecule has 0 amide bonds. The predicted molar refractivity (Wildman–Crippen MR) is 74.6 cm³/mol. The third-order valence-electron chi connectivity index (χ3n) is 3.23. The Balaban J connectivity index is 2.26. The van der Waals surface area contributed by atoms with E-state index in [-0.39, 0.29) is 5.75 Å². The van der Waals surface area contributed by atoms with Gasteiger partial charge in [0.15, 0.2) is 11.6 Å². The minimum Gasteiger partial charge on any atom is -0.494 e. The summed E-state index contributed by atoms with van der Waals surface area (Å²) in [5.41, 5.74) is 2.12. The summed E-state index contributed by atoms with van der Waals surface area (Å²) in [5.74, 6) is -0.352. The van der Waals surface area contributed by atoms with Crippen LogP contribution in [-0.2, 0) is 13.5 Å². The van der Waals surface area contributed by atoms with Gasteiger partial charge in [0.05, 0.1) is 18.9 Å². The molecule has 0 saturated heterocycles. The molecule has 0 aliphatic carbocycles. The number of halogens is 2. The van der Waals surface area contributed by atoms with Crippen LogP contribution in [0, 0.1) is 12.7 Å². The molecule has 2 aromatic rings. The highest BCUT2D eigenvalue weighted by molar-refractivity contribution is 6.30. The molecule has 6 heteroatoms. The van der Waals surface area contributed by atoms with E-state index in [0.29, 0.717) is 17.1 Å². The summed E-state index contributed by atoms with van der Waals surface area (Å²) in [7, 11) is 3.13. The molecule has 2 rings (SSSR count). The van der Waals surface area contributed by atoms with Crippen molar-refractivity contribution in [1.29, 1.82) is 0 Å². The zero-order valence-corrected chi connectivity index (χ0v) is 12.3. The normalized spacial score (nSPS) is 12.5. The molecule has 0 bridgehead atoms. The van der Waals surface area contributed by atoms with Crippen molar-refractivity contribution in [3.63, 3.8) is 0 Å². The van der Waals surface area contributed by atoms with Crippen LogP contribution in [0.4, 0.5) is 4.39 Å². The van der Waals surface area contributed by atoms with Gasteiger partial charge in [-0.15, -0.1) is 0 Å². The van der Waals surface area contributed by atoms with Crippen LogP contribution in [-0.4, -0.2) is 22.0 Å². The molecule has 20 heavy (non-hydrogen) atoms. The lowest BCUT2D eigenvalue weighted by Crippen LogP contribution is -2.04. The summed E-state index contributed by atoms with van der Waals surface area (Å²) in [5, 5.41) is 15.0. The van der Waals surface area contributed by atoms with Gasteiger partial charge in [0.1, 0.15) is 5.15 Å². The van der Waals surface area contributed by atoms with Crippen molar-refractivity contribution >= 4 is 11.6 Å². The third-order valence-corrected chi connectivity index (χ3v) is 3.70. The van der Waals surface area contributed by atoms with Gasteiger partial charge in [-0.3, -0.25) is 4.68 Å². The maximum Gasteiger partial charge on any atom is 0.165 e. The molecule has 1 aromatic heterocycles. The lowest BCUT2D eigenvalue weighted by molar-refractivity contribution is 0.177. The van der Waals surface area contributed by atoms with E-state index < -0.39 is 11.9 Å². The molecule has 1 atom stereocenters. The molecule has 1 heterocycles. The monoisotopic (exact) mass is 298 g/mol. The number of aliphatic hydroxyl groups excluding tert-OH is 1. The Morgan fingerprint density at radius 3 is 2.75 bits per heavy atom. The number of hydrogen-bond donors (Lipinski definition) is 1. The highest BCUT2D eigenvalue weighted by Gasteiger charge is 2.18. The van der Waals surface area contributed by atoms with Crippen LogP contribution >= 0.6 is 11.6 Å². The second-order valence-electron chi connectivity index (χ2n) is 4.59. The maximum atomic E-state index is 13.4. The molecule has 4 nitrogen and oxygen atoms in total. The van der Waals surface area contributed by atoms with Gasteiger partial charge in [-0.05, 0) is 24.6 Å². The van der Waals surface area contributed by atoms with Crippen molar-refractivity contribution in [3.8, 4) is 5.75 Å². The topological polar surface area (TPSA) is 47.3 Å². The molecule has 1 unspecified atom stereocenters. The molecule has 0 radical (unpaired) electrons. The number of aromatic nitrogens is 2.